The van der Waals surface area contributed by atoms with E-state index in [1.165, 1.54) is 24.3 Å². The SMILES string of the molecule is CC1(C)CC(=O)C2=C(C1)N(Cc1ccc(F)cc1)C(=O)[C@@]2(NS(=O)(=O)c1ccc(N)cc1)C(F)(F)F. The molecule has 1 atom stereocenters. The van der Waals surface area contributed by atoms with Gasteiger partial charge in [-0.1, -0.05) is 26.0 Å². The van der Waals surface area contributed by atoms with Crippen molar-refractivity contribution in [1.82, 2.24) is 9.62 Å². The first-order valence-electron chi connectivity index (χ1n) is 10.9. The molecule has 2 aliphatic rings. The lowest BCUT2D eigenvalue weighted by atomic mass is 9.72. The normalized spacial score (nSPS) is 22.2. The number of benzene rings is 2. The lowest BCUT2D eigenvalue weighted by molar-refractivity contribution is -0.189. The number of nitrogen functional groups attached to an aromatic ring is 1. The number of sulfonamides is 1. The van der Waals surface area contributed by atoms with E-state index in [4.69, 9.17) is 5.73 Å². The summed E-state index contributed by atoms with van der Waals surface area (Å²) in [6.45, 7) is 2.92. The molecule has 12 heteroatoms. The number of nitrogens with two attached hydrogens (primary N) is 1. The van der Waals surface area contributed by atoms with Gasteiger partial charge in [0.25, 0.3) is 5.91 Å². The Morgan fingerprint density at radius 1 is 1.00 bits per heavy atom. The number of carbonyl (C=O) groups is 2. The lowest BCUT2D eigenvalue weighted by Gasteiger charge is -2.35. The molecular formula is C24H23F4N3O4S. The number of rotatable bonds is 5. The van der Waals surface area contributed by atoms with Gasteiger partial charge >= 0.3 is 6.18 Å². The largest absolute Gasteiger partial charge is 0.421 e. The number of Topliss-reactive ketones (excluding diaryl/α,β-unsaturated/α-hetero) is 1. The third-order valence-electron chi connectivity index (χ3n) is 6.28. The van der Waals surface area contributed by atoms with Gasteiger partial charge in [0.15, 0.2) is 5.78 Å². The second-order valence-electron chi connectivity index (χ2n) is 9.70. The standard InChI is InChI=1S/C24H23F4N3O4S/c1-22(2)11-18-20(19(32)12-22)23(24(26,27)28,30-36(34,35)17-9-7-16(29)8-10-17)21(33)31(18)13-14-3-5-15(25)6-4-14/h3-10,30H,11-13,29H2,1-2H3/t23-/m1/s1. The Morgan fingerprint density at radius 2 is 1.58 bits per heavy atom. The number of nitrogens with zero attached hydrogens (tertiary/aromatic N) is 1. The molecule has 2 aromatic carbocycles. The maximum absolute atomic E-state index is 14.8. The van der Waals surface area contributed by atoms with E-state index in [0.717, 1.165) is 29.2 Å². The first-order valence-corrected chi connectivity index (χ1v) is 12.4. The third-order valence-corrected chi connectivity index (χ3v) is 7.74. The second kappa shape index (κ2) is 8.41. The van der Waals surface area contributed by atoms with E-state index in [9.17, 15) is 35.6 Å². The van der Waals surface area contributed by atoms with Crippen LogP contribution in [0.25, 0.3) is 0 Å². The minimum absolute atomic E-state index is 0.0809. The van der Waals surface area contributed by atoms with Gasteiger partial charge in [0.05, 0.1) is 17.0 Å². The number of nitrogens with one attached hydrogen (secondary N) is 1. The fourth-order valence-electron chi connectivity index (χ4n) is 4.64. The van der Waals surface area contributed by atoms with Crippen molar-refractivity contribution in [3.8, 4) is 0 Å². The molecule has 36 heavy (non-hydrogen) atoms. The maximum Gasteiger partial charge on any atom is 0.421 e. The van der Waals surface area contributed by atoms with Crippen molar-refractivity contribution in [1.29, 1.82) is 0 Å². The van der Waals surface area contributed by atoms with Crippen LogP contribution in [0.2, 0.25) is 0 Å². The number of carbonyl (C=O) groups excluding carboxylic acids is 2. The van der Waals surface area contributed by atoms with Crippen LogP contribution in [0.3, 0.4) is 0 Å². The Morgan fingerprint density at radius 3 is 2.14 bits per heavy atom. The number of hydrogen-bond acceptors (Lipinski definition) is 5. The van der Waals surface area contributed by atoms with Gasteiger partial charge in [-0.2, -0.15) is 17.9 Å². The van der Waals surface area contributed by atoms with Gasteiger partial charge in [-0.15, -0.1) is 0 Å². The lowest BCUT2D eigenvalue weighted by Crippen LogP contribution is -2.66. The van der Waals surface area contributed by atoms with Gasteiger partial charge in [-0.05, 0) is 53.8 Å². The second-order valence-corrected chi connectivity index (χ2v) is 11.4. The molecule has 2 aromatic rings. The van der Waals surface area contributed by atoms with E-state index in [1.54, 1.807) is 18.6 Å². The number of allylic oxidation sites excluding steroid dienone is 1. The molecule has 7 nitrogen and oxygen atoms in total. The Balaban J connectivity index is 1.91. The van der Waals surface area contributed by atoms with E-state index in [2.05, 4.69) is 0 Å². The first-order chi connectivity index (χ1) is 16.6. The highest BCUT2D eigenvalue weighted by Crippen LogP contribution is 2.52. The smallest absolute Gasteiger partial charge is 0.399 e. The zero-order valence-electron chi connectivity index (χ0n) is 19.3. The summed E-state index contributed by atoms with van der Waals surface area (Å²) in [7, 11) is -4.95. The van der Waals surface area contributed by atoms with Crippen molar-refractivity contribution in [2.45, 2.75) is 49.8 Å². The highest BCUT2D eigenvalue weighted by atomic mass is 32.2. The summed E-state index contributed by atoms with van der Waals surface area (Å²) in [5, 5.41) is 0. The van der Waals surface area contributed by atoms with Crippen LogP contribution in [-0.4, -0.2) is 36.7 Å². The first kappa shape index (κ1) is 25.8. The molecule has 0 unspecified atom stereocenters. The molecule has 0 saturated carbocycles. The van der Waals surface area contributed by atoms with Crippen LogP contribution in [0.15, 0.2) is 64.7 Å². The van der Waals surface area contributed by atoms with E-state index in [1.807, 2.05) is 0 Å². The van der Waals surface area contributed by atoms with E-state index >= 15 is 0 Å². The fourth-order valence-corrected chi connectivity index (χ4v) is 5.96. The van der Waals surface area contributed by atoms with Crippen LogP contribution in [0.1, 0.15) is 32.3 Å². The Labute approximate surface area is 205 Å². The predicted molar refractivity (Wildman–Crippen MR) is 122 cm³/mol. The summed E-state index contributed by atoms with van der Waals surface area (Å²) < 4.78 is 85.7. The monoisotopic (exact) mass is 525 g/mol. The third kappa shape index (κ3) is 4.28. The minimum Gasteiger partial charge on any atom is -0.399 e. The average Bonchev–Trinajstić information content (AvgIpc) is 2.97. The number of alkyl halides is 3. The van der Waals surface area contributed by atoms with Crippen molar-refractivity contribution in [2.75, 3.05) is 5.73 Å². The molecule has 1 amide bonds. The Bertz CT molecular complexity index is 1370. The summed E-state index contributed by atoms with van der Waals surface area (Å²) in [5.41, 5.74) is 0.284. The molecular weight excluding hydrogens is 502 g/mol. The van der Waals surface area contributed by atoms with Gasteiger partial charge in [0.1, 0.15) is 5.82 Å². The van der Waals surface area contributed by atoms with Crippen molar-refractivity contribution < 1.29 is 35.6 Å². The highest BCUT2D eigenvalue weighted by molar-refractivity contribution is 7.89. The predicted octanol–water partition coefficient (Wildman–Crippen LogP) is 3.67. The van der Waals surface area contributed by atoms with Crippen LogP contribution >= 0.6 is 0 Å². The van der Waals surface area contributed by atoms with Gasteiger partial charge in [-0.25, -0.2) is 12.8 Å². The number of hydrogen-bond donors (Lipinski definition) is 2. The van der Waals surface area contributed by atoms with Crippen molar-refractivity contribution in [2.24, 2.45) is 5.41 Å². The molecule has 1 aliphatic carbocycles. The van der Waals surface area contributed by atoms with Gasteiger partial charge in [0.2, 0.25) is 15.6 Å². The number of halogens is 4. The van der Waals surface area contributed by atoms with E-state index in [-0.39, 0.29) is 24.2 Å². The Kier molecular flexibility index (Phi) is 6.03. The Hall–Kier alpha value is -3.25. The van der Waals surface area contributed by atoms with Crippen molar-refractivity contribution in [3.63, 3.8) is 0 Å². The summed E-state index contributed by atoms with van der Waals surface area (Å²) in [5.74, 6) is -3.20. The molecule has 3 N–H and O–H groups in total. The maximum atomic E-state index is 14.8. The average molecular weight is 526 g/mol. The van der Waals surface area contributed by atoms with E-state index in [0.29, 0.717) is 5.56 Å². The topological polar surface area (TPSA) is 110 Å². The van der Waals surface area contributed by atoms with Crippen LogP contribution < -0.4 is 10.5 Å². The molecule has 0 bridgehead atoms. The molecule has 0 saturated heterocycles. The summed E-state index contributed by atoms with van der Waals surface area (Å²) in [6.07, 6.45) is -5.90. The number of amides is 1. The van der Waals surface area contributed by atoms with Gasteiger partial charge < -0.3 is 10.6 Å². The molecule has 0 aromatic heterocycles. The van der Waals surface area contributed by atoms with Crippen LogP contribution in [-0.2, 0) is 26.2 Å². The van der Waals surface area contributed by atoms with Crippen LogP contribution in [0, 0.1) is 11.2 Å². The molecule has 1 heterocycles. The highest BCUT2D eigenvalue weighted by Gasteiger charge is 2.72. The zero-order chi connectivity index (χ0) is 26.7. The fraction of sp³-hybridized carbons (Fsp3) is 0.333. The number of ketones is 1. The van der Waals surface area contributed by atoms with E-state index < -0.39 is 61.7 Å². The summed E-state index contributed by atoms with van der Waals surface area (Å²) in [4.78, 5) is 27.0. The van der Waals surface area contributed by atoms with Crippen LogP contribution in [0.4, 0.5) is 23.2 Å². The van der Waals surface area contributed by atoms with Gasteiger partial charge in [0, 0.05) is 17.8 Å². The summed E-state index contributed by atoms with van der Waals surface area (Å²) >= 11 is 0. The zero-order valence-corrected chi connectivity index (χ0v) is 20.1. The molecule has 0 spiro atoms. The minimum atomic E-state index is -5.50. The van der Waals surface area contributed by atoms with Crippen LogP contribution in [0.5, 0.6) is 0 Å². The molecule has 0 fully saturated rings. The molecule has 0 radical (unpaired) electrons. The molecule has 1 aliphatic heterocycles. The number of anilines is 1. The molecule has 192 valence electrons. The van der Waals surface area contributed by atoms with Gasteiger partial charge in [-0.3, -0.25) is 9.59 Å². The summed E-state index contributed by atoms with van der Waals surface area (Å²) in [6, 6.07) is 9.13. The quantitative estimate of drug-likeness (QED) is 0.457. The van der Waals surface area contributed by atoms with Crippen molar-refractivity contribution in [3.05, 3.63) is 71.2 Å². The van der Waals surface area contributed by atoms with Crippen molar-refractivity contribution >= 4 is 27.4 Å². The molecule has 4 rings (SSSR count).